The van der Waals surface area contributed by atoms with Gasteiger partial charge in [-0.2, -0.15) is 0 Å². The summed E-state index contributed by atoms with van der Waals surface area (Å²) < 4.78 is 5.51. The van der Waals surface area contributed by atoms with Crippen molar-refractivity contribution in [2.45, 2.75) is 25.7 Å². The number of pyridine rings is 1. The summed E-state index contributed by atoms with van der Waals surface area (Å²) in [5, 5.41) is 11.6. The maximum Gasteiger partial charge on any atom is 0.303 e. The Morgan fingerprint density at radius 1 is 1.29 bits per heavy atom. The number of ether oxygens (including phenoxy) is 1. The zero-order chi connectivity index (χ0) is 16.9. The Labute approximate surface area is 139 Å². The Morgan fingerprint density at radius 2 is 2.12 bits per heavy atom. The molecule has 1 aliphatic heterocycles. The minimum Gasteiger partial charge on any atom is -0.492 e. The van der Waals surface area contributed by atoms with E-state index in [1.54, 1.807) is 30.5 Å². The smallest absolute Gasteiger partial charge is 0.303 e. The van der Waals surface area contributed by atoms with Crippen molar-refractivity contribution in [3.63, 3.8) is 0 Å². The maximum absolute atomic E-state index is 12.5. The summed E-state index contributed by atoms with van der Waals surface area (Å²) in [5.74, 6) is 0.0557. The minimum absolute atomic E-state index is 0.0152. The number of nitrogens with zero attached hydrogens (tertiary/aromatic N) is 1. The monoisotopic (exact) mass is 326 g/mol. The summed E-state index contributed by atoms with van der Waals surface area (Å²) in [7, 11) is 0. The number of rotatable bonds is 5. The number of carboxylic acid groups (broad SMARTS) is 1. The molecule has 24 heavy (non-hydrogen) atoms. The molecule has 124 valence electrons. The fraction of sp³-hybridized carbons (Fsp3) is 0.278. The van der Waals surface area contributed by atoms with Crippen molar-refractivity contribution in [1.82, 2.24) is 4.98 Å². The number of anilines is 1. The van der Waals surface area contributed by atoms with E-state index in [-0.39, 0.29) is 12.3 Å². The Kier molecular flexibility index (Phi) is 4.74. The van der Waals surface area contributed by atoms with Gasteiger partial charge in [0.15, 0.2) is 0 Å². The van der Waals surface area contributed by atoms with Crippen LogP contribution in [0.3, 0.4) is 0 Å². The van der Waals surface area contributed by atoms with Gasteiger partial charge in [0.2, 0.25) is 0 Å². The van der Waals surface area contributed by atoms with E-state index >= 15 is 0 Å². The molecular weight excluding hydrogens is 308 g/mol. The SMILES string of the molecule is O=C(O)CCc1ccccc1C(=O)Nc1cc2c(cn1)OCCC2. The summed E-state index contributed by atoms with van der Waals surface area (Å²) in [6, 6.07) is 8.84. The molecule has 0 spiro atoms. The van der Waals surface area contributed by atoms with E-state index in [0.29, 0.717) is 30.0 Å². The van der Waals surface area contributed by atoms with Crippen LogP contribution in [-0.2, 0) is 17.6 Å². The molecule has 1 aromatic heterocycles. The highest BCUT2D eigenvalue weighted by molar-refractivity contribution is 6.04. The van der Waals surface area contributed by atoms with Crippen LogP contribution in [0.15, 0.2) is 36.5 Å². The quantitative estimate of drug-likeness (QED) is 0.882. The van der Waals surface area contributed by atoms with Gasteiger partial charge in [0, 0.05) is 12.0 Å². The number of hydrogen-bond donors (Lipinski definition) is 2. The topological polar surface area (TPSA) is 88.5 Å². The van der Waals surface area contributed by atoms with Crippen LogP contribution in [0.4, 0.5) is 5.82 Å². The lowest BCUT2D eigenvalue weighted by Gasteiger charge is -2.17. The third-order valence-electron chi connectivity index (χ3n) is 3.91. The van der Waals surface area contributed by atoms with Crippen LogP contribution >= 0.6 is 0 Å². The van der Waals surface area contributed by atoms with Crippen molar-refractivity contribution in [2.75, 3.05) is 11.9 Å². The highest BCUT2D eigenvalue weighted by Gasteiger charge is 2.15. The van der Waals surface area contributed by atoms with Crippen molar-refractivity contribution in [2.24, 2.45) is 0 Å². The Morgan fingerprint density at radius 3 is 2.96 bits per heavy atom. The maximum atomic E-state index is 12.5. The molecule has 3 rings (SSSR count). The van der Waals surface area contributed by atoms with Crippen LogP contribution in [0.25, 0.3) is 0 Å². The molecule has 1 amide bonds. The second kappa shape index (κ2) is 7.12. The molecule has 6 heteroatoms. The lowest BCUT2D eigenvalue weighted by Crippen LogP contribution is -2.16. The molecule has 1 aliphatic rings. The molecule has 0 radical (unpaired) electrons. The fourth-order valence-corrected chi connectivity index (χ4v) is 2.71. The van der Waals surface area contributed by atoms with Crippen molar-refractivity contribution in [3.05, 3.63) is 53.2 Å². The van der Waals surface area contributed by atoms with E-state index in [9.17, 15) is 9.59 Å². The second-order valence-corrected chi connectivity index (χ2v) is 5.63. The van der Waals surface area contributed by atoms with Crippen LogP contribution in [0.5, 0.6) is 5.75 Å². The van der Waals surface area contributed by atoms with Gasteiger partial charge >= 0.3 is 5.97 Å². The van der Waals surface area contributed by atoms with Gasteiger partial charge < -0.3 is 15.2 Å². The first-order valence-electron chi connectivity index (χ1n) is 7.86. The number of carboxylic acids is 1. The fourth-order valence-electron chi connectivity index (χ4n) is 2.71. The standard InChI is InChI=1S/C18H18N2O4/c21-17(22)8-7-12-4-1-2-6-14(12)18(23)20-16-10-13-5-3-9-24-15(13)11-19-16/h1-2,4,6,10-11H,3,5,7-9H2,(H,21,22)(H,19,20,23). The highest BCUT2D eigenvalue weighted by Crippen LogP contribution is 2.26. The average Bonchev–Trinajstić information content (AvgIpc) is 2.60. The molecule has 1 aromatic carbocycles. The predicted molar refractivity (Wildman–Crippen MR) is 88.4 cm³/mol. The molecule has 2 heterocycles. The molecule has 0 atom stereocenters. The van der Waals surface area contributed by atoms with E-state index < -0.39 is 5.97 Å². The molecular formula is C18H18N2O4. The van der Waals surface area contributed by atoms with E-state index in [0.717, 1.165) is 24.2 Å². The molecule has 2 N–H and O–H groups in total. The number of fused-ring (bicyclic) bond motifs is 1. The highest BCUT2D eigenvalue weighted by atomic mass is 16.5. The third-order valence-corrected chi connectivity index (χ3v) is 3.91. The minimum atomic E-state index is -0.887. The number of carbonyl (C=O) groups is 2. The number of aliphatic carboxylic acids is 1. The Balaban J connectivity index is 1.76. The molecule has 0 saturated carbocycles. The largest absolute Gasteiger partial charge is 0.492 e. The van der Waals surface area contributed by atoms with Crippen molar-refractivity contribution < 1.29 is 19.4 Å². The van der Waals surface area contributed by atoms with Crippen LogP contribution in [-0.4, -0.2) is 28.6 Å². The summed E-state index contributed by atoms with van der Waals surface area (Å²) in [5.41, 5.74) is 2.21. The molecule has 0 saturated heterocycles. The van der Waals surface area contributed by atoms with Crippen LogP contribution in [0, 0.1) is 0 Å². The van der Waals surface area contributed by atoms with E-state index in [1.807, 2.05) is 6.07 Å². The zero-order valence-electron chi connectivity index (χ0n) is 13.1. The molecule has 0 unspecified atom stereocenters. The van der Waals surface area contributed by atoms with Gasteiger partial charge in [-0.05, 0) is 42.5 Å². The predicted octanol–water partition coefficient (Wildman–Crippen LogP) is 2.68. The van der Waals surface area contributed by atoms with Crippen molar-refractivity contribution in [3.8, 4) is 5.75 Å². The van der Waals surface area contributed by atoms with Crippen molar-refractivity contribution >= 4 is 17.7 Å². The van der Waals surface area contributed by atoms with Gasteiger partial charge in [-0.25, -0.2) is 4.98 Å². The third kappa shape index (κ3) is 3.71. The van der Waals surface area contributed by atoms with Gasteiger partial charge in [-0.3, -0.25) is 9.59 Å². The first-order chi connectivity index (χ1) is 11.6. The van der Waals surface area contributed by atoms with Gasteiger partial charge in [-0.1, -0.05) is 18.2 Å². The number of aryl methyl sites for hydroxylation is 2. The lowest BCUT2D eigenvalue weighted by molar-refractivity contribution is -0.136. The summed E-state index contributed by atoms with van der Waals surface area (Å²) in [6.45, 7) is 0.692. The van der Waals surface area contributed by atoms with Crippen molar-refractivity contribution in [1.29, 1.82) is 0 Å². The van der Waals surface area contributed by atoms with Crippen LogP contribution < -0.4 is 10.1 Å². The molecule has 0 fully saturated rings. The summed E-state index contributed by atoms with van der Waals surface area (Å²) >= 11 is 0. The lowest BCUT2D eigenvalue weighted by atomic mass is 10.0. The number of hydrogen-bond acceptors (Lipinski definition) is 4. The first-order valence-corrected chi connectivity index (χ1v) is 7.86. The summed E-state index contributed by atoms with van der Waals surface area (Å²) in [6.07, 6.45) is 3.77. The van der Waals surface area contributed by atoms with Crippen LogP contribution in [0.2, 0.25) is 0 Å². The van der Waals surface area contributed by atoms with Gasteiger partial charge in [0.25, 0.3) is 5.91 Å². The Hall–Kier alpha value is -2.89. The number of aromatic nitrogens is 1. The molecule has 6 nitrogen and oxygen atoms in total. The molecule has 2 aromatic rings. The molecule has 0 bridgehead atoms. The van der Waals surface area contributed by atoms with Gasteiger partial charge in [-0.15, -0.1) is 0 Å². The van der Waals surface area contributed by atoms with E-state index in [2.05, 4.69) is 10.3 Å². The van der Waals surface area contributed by atoms with E-state index in [1.165, 1.54) is 0 Å². The average molecular weight is 326 g/mol. The number of amides is 1. The van der Waals surface area contributed by atoms with E-state index in [4.69, 9.17) is 9.84 Å². The number of benzene rings is 1. The normalized spacial score (nSPS) is 12.8. The van der Waals surface area contributed by atoms with Gasteiger partial charge in [0.1, 0.15) is 11.6 Å². The number of nitrogens with one attached hydrogen (secondary N) is 1. The Bertz CT molecular complexity index is 773. The summed E-state index contributed by atoms with van der Waals surface area (Å²) in [4.78, 5) is 27.5. The zero-order valence-corrected chi connectivity index (χ0v) is 13.1. The first kappa shape index (κ1) is 16.0. The number of carbonyl (C=O) groups excluding carboxylic acids is 1. The molecule has 0 aliphatic carbocycles. The van der Waals surface area contributed by atoms with Gasteiger partial charge in [0.05, 0.1) is 12.8 Å². The van der Waals surface area contributed by atoms with Crippen LogP contribution in [0.1, 0.15) is 34.3 Å². The second-order valence-electron chi connectivity index (χ2n) is 5.63.